The fourth-order valence-electron chi connectivity index (χ4n) is 0.997. The van der Waals surface area contributed by atoms with E-state index in [-0.39, 0.29) is 12.1 Å². The second-order valence-electron chi connectivity index (χ2n) is 3.68. The fourth-order valence-corrected chi connectivity index (χ4v) is 1.40. The van der Waals surface area contributed by atoms with Crippen molar-refractivity contribution in [2.75, 3.05) is 11.9 Å². The van der Waals surface area contributed by atoms with Gasteiger partial charge in [-0.15, -0.1) is 0 Å². The van der Waals surface area contributed by atoms with Crippen molar-refractivity contribution < 1.29 is 5.11 Å². The molecule has 0 unspecified atom stereocenters. The third kappa shape index (κ3) is 3.36. The van der Waals surface area contributed by atoms with Crippen LogP contribution in [0.25, 0.3) is 0 Å². The Morgan fingerprint density at radius 1 is 1.46 bits per heavy atom. The molecule has 0 spiro atoms. The van der Waals surface area contributed by atoms with Crippen LogP contribution in [0.1, 0.15) is 13.8 Å². The van der Waals surface area contributed by atoms with Gasteiger partial charge in [-0.25, -0.2) is 0 Å². The number of aliphatic hydroxyl groups excluding tert-OH is 1. The first-order valence-electron chi connectivity index (χ1n) is 4.18. The van der Waals surface area contributed by atoms with Crippen molar-refractivity contribution in [1.82, 2.24) is 0 Å². The first-order valence-corrected chi connectivity index (χ1v) is 4.97. The summed E-state index contributed by atoms with van der Waals surface area (Å²) in [4.78, 5) is 0. The van der Waals surface area contributed by atoms with Gasteiger partial charge in [0.05, 0.1) is 12.1 Å². The quantitative estimate of drug-likeness (QED) is 0.856. The first kappa shape index (κ1) is 10.5. The largest absolute Gasteiger partial charge is 0.394 e. The summed E-state index contributed by atoms with van der Waals surface area (Å²) in [5, 5.41) is 12.3. The molecule has 0 aliphatic rings. The summed E-state index contributed by atoms with van der Waals surface area (Å²) >= 11 is 3.39. The minimum absolute atomic E-state index is 0.111. The highest BCUT2D eigenvalue weighted by atomic mass is 79.9. The number of nitrogens with one attached hydrogen (secondary N) is 1. The highest BCUT2D eigenvalue weighted by Crippen LogP contribution is 2.19. The van der Waals surface area contributed by atoms with E-state index in [2.05, 4.69) is 21.2 Å². The predicted molar refractivity (Wildman–Crippen MR) is 58.9 cm³/mol. The van der Waals surface area contributed by atoms with Gasteiger partial charge in [0.1, 0.15) is 0 Å². The zero-order valence-corrected chi connectivity index (χ0v) is 9.43. The van der Waals surface area contributed by atoms with Crippen LogP contribution in [-0.2, 0) is 0 Å². The van der Waals surface area contributed by atoms with Crippen LogP contribution in [0.3, 0.4) is 0 Å². The van der Waals surface area contributed by atoms with Crippen molar-refractivity contribution in [2.24, 2.45) is 0 Å². The molecular formula is C10H14BrNO. The number of rotatable bonds is 3. The van der Waals surface area contributed by atoms with Gasteiger partial charge in [-0.1, -0.05) is 22.0 Å². The second-order valence-corrected chi connectivity index (χ2v) is 4.59. The zero-order chi connectivity index (χ0) is 9.90. The average molecular weight is 244 g/mol. The van der Waals surface area contributed by atoms with Crippen LogP contribution >= 0.6 is 15.9 Å². The number of hydrogen-bond donors (Lipinski definition) is 2. The van der Waals surface area contributed by atoms with Crippen LogP contribution in [0.15, 0.2) is 28.7 Å². The maximum atomic E-state index is 9.05. The van der Waals surface area contributed by atoms with Gasteiger partial charge in [0.15, 0.2) is 0 Å². The molecule has 2 N–H and O–H groups in total. The van der Waals surface area contributed by atoms with E-state index in [1.165, 1.54) is 0 Å². The minimum Gasteiger partial charge on any atom is -0.394 e. The van der Waals surface area contributed by atoms with Gasteiger partial charge < -0.3 is 10.4 Å². The van der Waals surface area contributed by atoms with Crippen molar-refractivity contribution in [3.05, 3.63) is 28.7 Å². The zero-order valence-electron chi connectivity index (χ0n) is 7.84. The smallest absolute Gasteiger partial charge is 0.0656 e. The van der Waals surface area contributed by atoms with E-state index < -0.39 is 0 Å². The lowest BCUT2D eigenvalue weighted by Crippen LogP contribution is -2.34. The average Bonchev–Trinajstić information content (AvgIpc) is 2.03. The SMILES string of the molecule is CC(C)(CO)Nc1cccc(Br)c1. The van der Waals surface area contributed by atoms with E-state index in [9.17, 15) is 0 Å². The molecule has 3 heteroatoms. The Hall–Kier alpha value is -0.540. The van der Waals surface area contributed by atoms with Gasteiger partial charge >= 0.3 is 0 Å². The van der Waals surface area contributed by atoms with E-state index >= 15 is 0 Å². The van der Waals surface area contributed by atoms with Crippen molar-refractivity contribution in [3.63, 3.8) is 0 Å². The van der Waals surface area contributed by atoms with Crippen molar-refractivity contribution in [1.29, 1.82) is 0 Å². The van der Waals surface area contributed by atoms with Crippen LogP contribution in [0, 0.1) is 0 Å². The number of benzene rings is 1. The third-order valence-corrected chi connectivity index (χ3v) is 2.20. The Balaban J connectivity index is 2.74. The van der Waals surface area contributed by atoms with Crippen molar-refractivity contribution >= 4 is 21.6 Å². The standard InChI is InChI=1S/C10H14BrNO/c1-10(2,7-13)12-9-5-3-4-8(11)6-9/h3-6,12-13H,7H2,1-2H3. The van der Waals surface area contributed by atoms with Gasteiger partial charge in [-0.05, 0) is 32.0 Å². The van der Waals surface area contributed by atoms with Crippen LogP contribution in [-0.4, -0.2) is 17.3 Å². The lowest BCUT2D eigenvalue weighted by atomic mass is 10.1. The molecule has 1 aromatic rings. The molecule has 1 rings (SSSR count). The molecule has 0 bridgehead atoms. The van der Waals surface area contributed by atoms with Gasteiger partial charge in [0, 0.05) is 10.2 Å². The molecular weight excluding hydrogens is 230 g/mol. The molecule has 72 valence electrons. The summed E-state index contributed by atoms with van der Waals surface area (Å²) in [6, 6.07) is 7.89. The summed E-state index contributed by atoms with van der Waals surface area (Å²) in [5.41, 5.74) is 0.731. The Bertz CT molecular complexity index is 286. The third-order valence-electron chi connectivity index (χ3n) is 1.70. The van der Waals surface area contributed by atoms with E-state index in [1.807, 2.05) is 38.1 Å². The molecule has 1 aromatic carbocycles. The molecule has 13 heavy (non-hydrogen) atoms. The summed E-state index contributed by atoms with van der Waals surface area (Å²) in [6.07, 6.45) is 0. The lowest BCUT2D eigenvalue weighted by molar-refractivity contribution is 0.234. The summed E-state index contributed by atoms with van der Waals surface area (Å²) < 4.78 is 1.03. The molecule has 0 saturated carbocycles. The topological polar surface area (TPSA) is 32.3 Å². The second kappa shape index (κ2) is 4.11. The highest BCUT2D eigenvalue weighted by Gasteiger charge is 2.15. The Morgan fingerprint density at radius 3 is 2.69 bits per heavy atom. The number of anilines is 1. The summed E-state index contributed by atoms with van der Waals surface area (Å²) in [5.74, 6) is 0. The van der Waals surface area contributed by atoms with E-state index in [0.717, 1.165) is 10.2 Å². The molecule has 0 aliphatic carbocycles. The lowest BCUT2D eigenvalue weighted by Gasteiger charge is -2.24. The molecule has 0 saturated heterocycles. The highest BCUT2D eigenvalue weighted by molar-refractivity contribution is 9.10. The number of halogens is 1. The summed E-state index contributed by atoms with van der Waals surface area (Å²) in [6.45, 7) is 4.02. The van der Waals surface area contributed by atoms with Gasteiger partial charge in [-0.3, -0.25) is 0 Å². The van der Waals surface area contributed by atoms with Gasteiger partial charge in [-0.2, -0.15) is 0 Å². The molecule has 0 fully saturated rings. The molecule has 0 aliphatic heterocycles. The fraction of sp³-hybridized carbons (Fsp3) is 0.400. The molecule has 0 heterocycles. The Labute approximate surface area is 87.1 Å². The van der Waals surface area contributed by atoms with E-state index in [1.54, 1.807) is 0 Å². The maximum Gasteiger partial charge on any atom is 0.0656 e. The minimum atomic E-state index is -0.277. The monoisotopic (exact) mass is 243 g/mol. The Morgan fingerprint density at radius 2 is 2.15 bits per heavy atom. The van der Waals surface area contributed by atoms with Crippen LogP contribution < -0.4 is 5.32 Å². The molecule has 2 nitrogen and oxygen atoms in total. The van der Waals surface area contributed by atoms with E-state index in [0.29, 0.717) is 0 Å². The molecule has 0 radical (unpaired) electrons. The normalized spacial score (nSPS) is 11.4. The number of aliphatic hydroxyl groups is 1. The molecule has 0 aromatic heterocycles. The molecule has 0 atom stereocenters. The van der Waals surface area contributed by atoms with Crippen molar-refractivity contribution in [2.45, 2.75) is 19.4 Å². The summed E-state index contributed by atoms with van der Waals surface area (Å²) in [7, 11) is 0. The van der Waals surface area contributed by atoms with Gasteiger partial charge in [0.25, 0.3) is 0 Å². The Kier molecular flexibility index (Phi) is 3.33. The molecule has 0 amide bonds. The number of hydrogen-bond acceptors (Lipinski definition) is 2. The van der Waals surface area contributed by atoms with Gasteiger partial charge in [0.2, 0.25) is 0 Å². The van der Waals surface area contributed by atoms with E-state index in [4.69, 9.17) is 5.11 Å². The predicted octanol–water partition coefficient (Wildman–Crippen LogP) is 2.63. The van der Waals surface area contributed by atoms with Crippen LogP contribution in [0.2, 0.25) is 0 Å². The maximum absolute atomic E-state index is 9.05. The van der Waals surface area contributed by atoms with Crippen LogP contribution in [0.5, 0.6) is 0 Å². The first-order chi connectivity index (χ1) is 6.03. The van der Waals surface area contributed by atoms with Crippen LogP contribution in [0.4, 0.5) is 5.69 Å². The van der Waals surface area contributed by atoms with Crippen molar-refractivity contribution in [3.8, 4) is 0 Å².